The molecule has 13 heteroatoms. The summed E-state index contributed by atoms with van der Waals surface area (Å²) in [6, 6.07) is -0.886. The zero-order valence-corrected chi connectivity index (χ0v) is 14.8. The number of esters is 1. The molecule has 1 amide bonds. The molecule has 0 bridgehead atoms. The van der Waals surface area contributed by atoms with Crippen molar-refractivity contribution in [2.24, 2.45) is 0 Å². The van der Waals surface area contributed by atoms with Crippen molar-refractivity contribution in [2.45, 2.75) is 32.9 Å². The number of aryl methyl sites for hydroxylation is 1. The monoisotopic (exact) mass is 391 g/mol. The van der Waals surface area contributed by atoms with Gasteiger partial charge in [0, 0.05) is 13.5 Å². The van der Waals surface area contributed by atoms with Gasteiger partial charge in [-0.1, -0.05) is 12.2 Å². The van der Waals surface area contributed by atoms with E-state index in [-0.39, 0.29) is 42.7 Å². The van der Waals surface area contributed by atoms with E-state index in [1.165, 1.54) is 13.8 Å². The Hall–Kier alpha value is -2.96. The first-order valence-corrected chi connectivity index (χ1v) is 7.67. The number of hydrogen-bond donors (Lipinski definition) is 2. The summed E-state index contributed by atoms with van der Waals surface area (Å²) in [6.07, 6.45) is -0.303. The van der Waals surface area contributed by atoms with Crippen molar-refractivity contribution in [1.29, 1.82) is 0 Å². The van der Waals surface area contributed by atoms with Crippen LogP contribution in [0.25, 0.3) is 0 Å². The van der Waals surface area contributed by atoms with Gasteiger partial charge in [0.15, 0.2) is 18.1 Å². The maximum Gasteiger partial charge on any atom is 0.519 e. The van der Waals surface area contributed by atoms with Gasteiger partial charge in [0.2, 0.25) is 5.91 Å². The molecule has 0 fully saturated rings. The van der Waals surface area contributed by atoms with Gasteiger partial charge in [0.1, 0.15) is 6.61 Å². The Kier molecular flexibility index (Phi) is 8.21. The molecule has 144 valence electrons. The number of nitrogens with one attached hydrogen (secondary N) is 2. The molecule has 0 aliphatic carbocycles. The Morgan fingerprint density at radius 2 is 2.08 bits per heavy atom. The summed E-state index contributed by atoms with van der Waals surface area (Å²) in [6.45, 7) is 2.13. The summed E-state index contributed by atoms with van der Waals surface area (Å²) in [5.74, 6) is -1.82. The van der Waals surface area contributed by atoms with E-state index in [0.717, 1.165) is 0 Å². The fourth-order valence-electron chi connectivity index (χ4n) is 1.75. The van der Waals surface area contributed by atoms with Gasteiger partial charge in [-0.2, -0.15) is 0 Å². The van der Waals surface area contributed by atoms with Crippen LogP contribution in [-0.2, 0) is 25.8 Å². The molecule has 2 N–H and O–H groups in total. The third kappa shape index (κ3) is 7.74. The first kappa shape index (κ1) is 21.1. The zero-order valence-electron chi connectivity index (χ0n) is 13.9. The lowest BCUT2D eigenvalue weighted by molar-refractivity contribution is -0.757. The third-order valence-electron chi connectivity index (χ3n) is 2.86. The van der Waals surface area contributed by atoms with Crippen LogP contribution >= 0.6 is 12.2 Å². The van der Waals surface area contributed by atoms with E-state index in [4.69, 9.17) is 21.4 Å². The van der Waals surface area contributed by atoms with Crippen LogP contribution in [0.2, 0.25) is 0 Å². The van der Waals surface area contributed by atoms with Crippen LogP contribution in [0.5, 0.6) is 0 Å². The van der Waals surface area contributed by atoms with Crippen molar-refractivity contribution in [2.75, 3.05) is 13.2 Å². The predicted octanol–water partition coefficient (Wildman–Crippen LogP) is -0.395. The number of ether oxygens (including phenoxy) is 1. The second-order valence-corrected chi connectivity index (χ2v) is 5.34. The molecular weight excluding hydrogens is 374 g/mol. The van der Waals surface area contributed by atoms with E-state index in [1.807, 2.05) is 0 Å². The average molecular weight is 391 g/mol. The minimum absolute atomic E-state index is 0.00428. The van der Waals surface area contributed by atoms with Crippen molar-refractivity contribution < 1.29 is 33.1 Å². The summed E-state index contributed by atoms with van der Waals surface area (Å²) < 4.78 is 14.3. The summed E-state index contributed by atoms with van der Waals surface area (Å²) in [5, 5.41) is 14.2. The smallest absolute Gasteiger partial charge is 0.457 e. The number of thiocarbonyl (C=S) groups is 1. The summed E-state index contributed by atoms with van der Waals surface area (Å²) >= 11 is 5.06. The number of amides is 1. The molecule has 0 aliphatic heterocycles. The number of hydrogen-bond acceptors (Lipinski definition) is 10. The molecular formula is C13H17N3O9S. The van der Waals surface area contributed by atoms with Gasteiger partial charge in [0.05, 0.1) is 17.5 Å². The fraction of sp³-hybridized carbons (Fsp3) is 0.538. The van der Waals surface area contributed by atoms with E-state index in [9.17, 15) is 24.5 Å². The highest BCUT2D eigenvalue weighted by Crippen LogP contribution is 2.08. The lowest BCUT2D eigenvalue weighted by atomic mass is 10.2. The van der Waals surface area contributed by atoms with Crippen molar-refractivity contribution in [3.63, 3.8) is 0 Å². The second kappa shape index (κ2) is 10.1. The van der Waals surface area contributed by atoms with Crippen molar-refractivity contribution in [3.05, 3.63) is 32.3 Å². The highest BCUT2D eigenvalue weighted by molar-refractivity contribution is 7.80. The van der Waals surface area contributed by atoms with E-state index >= 15 is 0 Å². The molecule has 0 aliphatic rings. The Morgan fingerprint density at radius 1 is 1.38 bits per heavy atom. The highest BCUT2D eigenvalue weighted by atomic mass is 32.1. The van der Waals surface area contributed by atoms with Gasteiger partial charge in [0.25, 0.3) is 5.09 Å². The number of nitrogens with zero attached hydrogens (tertiary/aromatic N) is 1. The van der Waals surface area contributed by atoms with Crippen LogP contribution in [0.3, 0.4) is 0 Å². The Bertz CT molecular complexity index is 727. The Balaban J connectivity index is 2.53. The van der Waals surface area contributed by atoms with Crippen LogP contribution in [0.15, 0.2) is 13.6 Å². The Labute approximate surface area is 151 Å². The lowest BCUT2D eigenvalue weighted by Crippen LogP contribution is -2.47. The molecule has 0 radical (unpaired) electrons. The minimum atomic E-state index is -0.955. The van der Waals surface area contributed by atoms with Gasteiger partial charge >= 0.3 is 11.8 Å². The Morgan fingerprint density at radius 3 is 2.62 bits per heavy atom. The topological polar surface area (TPSA) is 163 Å². The molecule has 1 atom stereocenters. The molecule has 1 heterocycles. The molecule has 1 aromatic rings. The van der Waals surface area contributed by atoms with E-state index in [1.54, 1.807) is 0 Å². The van der Waals surface area contributed by atoms with Gasteiger partial charge in [-0.05, 0) is 6.92 Å². The SMILES string of the molecule is CC(=O)N[C@H](CC(=O)OCc1oc(=O)oc1C)C(=S)NCCO[N+](=O)[O-]. The third-order valence-corrected chi connectivity index (χ3v) is 3.29. The predicted molar refractivity (Wildman–Crippen MR) is 87.5 cm³/mol. The zero-order chi connectivity index (χ0) is 19.7. The van der Waals surface area contributed by atoms with Crippen molar-refractivity contribution >= 4 is 29.1 Å². The largest absolute Gasteiger partial charge is 0.519 e. The van der Waals surface area contributed by atoms with Gasteiger partial charge < -0.3 is 29.0 Å². The maximum atomic E-state index is 11.9. The summed E-state index contributed by atoms with van der Waals surface area (Å²) in [4.78, 5) is 48.3. The summed E-state index contributed by atoms with van der Waals surface area (Å²) in [7, 11) is 0. The van der Waals surface area contributed by atoms with Gasteiger partial charge in [-0.3, -0.25) is 9.59 Å². The molecule has 0 saturated heterocycles. The minimum Gasteiger partial charge on any atom is -0.457 e. The van der Waals surface area contributed by atoms with Crippen LogP contribution in [0, 0.1) is 17.0 Å². The molecule has 1 rings (SSSR count). The molecule has 0 unspecified atom stereocenters. The van der Waals surface area contributed by atoms with Crippen LogP contribution in [-0.4, -0.2) is 41.1 Å². The maximum absolute atomic E-state index is 11.9. The van der Waals surface area contributed by atoms with Gasteiger partial charge in [-0.15, -0.1) is 10.1 Å². The van der Waals surface area contributed by atoms with Gasteiger partial charge in [-0.25, -0.2) is 4.79 Å². The standard InChI is InChI=1S/C13H17N3O9S/c1-7-10(25-13(19)24-7)6-22-11(18)5-9(15-8(2)17)12(26)14-3-4-23-16(20)21/h9H,3-6H2,1-2H3,(H,14,26)(H,15,17)/t9-/m1/s1. The van der Waals surface area contributed by atoms with Crippen LogP contribution < -0.4 is 16.5 Å². The first-order valence-electron chi connectivity index (χ1n) is 7.26. The van der Waals surface area contributed by atoms with Crippen LogP contribution in [0.1, 0.15) is 24.9 Å². The molecule has 0 saturated carbocycles. The van der Waals surface area contributed by atoms with E-state index < -0.39 is 28.8 Å². The molecule has 12 nitrogen and oxygen atoms in total. The van der Waals surface area contributed by atoms with E-state index in [0.29, 0.717) is 0 Å². The molecule has 0 aromatic carbocycles. The van der Waals surface area contributed by atoms with E-state index in [2.05, 4.69) is 19.9 Å². The number of carbonyl (C=O) groups is 2. The summed E-state index contributed by atoms with van der Waals surface area (Å²) in [5.41, 5.74) is 0. The molecule has 26 heavy (non-hydrogen) atoms. The highest BCUT2D eigenvalue weighted by Gasteiger charge is 2.21. The molecule has 1 aromatic heterocycles. The quantitative estimate of drug-likeness (QED) is 0.175. The first-order chi connectivity index (χ1) is 12.2. The fourth-order valence-corrected chi connectivity index (χ4v) is 1.99. The molecule has 0 spiro atoms. The number of rotatable bonds is 10. The van der Waals surface area contributed by atoms with Crippen molar-refractivity contribution in [3.8, 4) is 0 Å². The average Bonchev–Trinajstić information content (AvgIpc) is 2.85. The second-order valence-electron chi connectivity index (χ2n) is 4.90. The lowest BCUT2D eigenvalue weighted by Gasteiger charge is -2.19. The number of carbonyl (C=O) groups excluding carboxylic acids is 2. The van der Waals surface area contributed by atoms with Crippen LogP contribution in [0.4, 0.5) is 0 Å². The van der Waals surface area contributed by atoms with Crippen molar-refractivity contribution in [1.82, 2.24) is 10.6 Å². The normalized spacial score (nSPS) is 11.3.